The monoisotopic (exact) mass is 407 g/mol. The van der Waals surface area contributed by atoms with Gasteiger partial charge >= 0.3 is 0 Å². The molecule has 2 aliphatic rings. The maximum atomic E-state index is 13.4. The predicted octanol–water partition coefficient (Wildman–Crippen LogP) is 3.02. The first-order valence-electron chi connectivity index (χ1n) is 9.69. The molecule has 2 unspecified atom stereocenters. The Morgan fingerprint density at radius 2 is 1.90 bits per heavy atom. The number of aromatic nitrogens is 2. The van der Waals surface area contributed by atoms with Crippen molar-refractivity contribution in [1.29, 1.82) is 0 Å². The molecule has 2 aliphatic heterocycles. The van der Waals surface area contributed by atoms with Crippen molar-refractivity contribution >= 4 is 16.7 Å². The van der Waals surface area contributed by atoms with E-state index in [0.717, 1.165) is 27.4 Å². The van der Waals surface area contributed by atoms with Gasteiger partial charge in [-0.2, -0.15) is 5.10 Å². The number of fused-ring (bicyclic) bond motifs is 3. The zero-order valence-electron chi connectivity index (χ0n) is 16.1. The molecular weight excluding hydrogens is 386 g/mol. The van der Waals surface area contributed by atoms with Crippen LogP contribution in [0.1, 0.15) is 23.0 Å². The van der Waals surface area contributed by atoms with Gasteiger partial charge in [-0.3, -0.25) is 9.00 Å². The van der Waals surface area contributed by atoms with Crippen molar-refractivity contribution in [1.82, 2.24) is 14.7 Å². The number of carbonyl (C=O) groups is 1. The fourth-order valence-corrected chi connectivity index (χ4v) is 5.35. The number of hydrogen-bond donors (Lipinski definition) is 0. The predicted molar refractivity (Wildman–Crippen MR) is 110 cm³/mol. The number of hydrogen-bond acceptors (Lipinski definition) is 4. The third-order valence-corrected chi connectivity index (χ3v) is 6.78. The molecule has 3 aromatic rings. The van der Waals surface area contributed by atoms with Crippen molar-refractivity contribution in [3.05, 3.63) is 65.9 Å². The van der Waals surface area contributed by atoms with E-state index in [1.165, 1.54) is 0 Å². The summed E-state index contributed by atoms with van der Waals surface area (Å²) in [5.41, 5.74) is 3.75. The molecule has 0 saturated carbocycles. The zero-order chi connectivity index (χ0) is 20.0. The number of para-hydroxylation sites is 1. The zero-order valence-corrected chi connectivity index (χ0v) is 16.9. The summed E-state index contributed by atoms with van der Waals surface area (Å²) in [6.45, 7) is 3.55. The fraction of sp³-hybridized carbons (Fsp3) is 0.273. The van der Waals surface area contributed by atoms with E-state index >= 15 is 0 Å². The smallest absolute Gasteiger partial charge is 0.274 e. The first-order chi connectivity index (χ1) is 14.1. The number of amides is 1. The molecule has 7 heteroatoms. The summed E-state index contributed by atoms with van der Waals surface area (Å²) in [4.78, 5) is 16.0. The minimum Gasteiger partial charge on any atom is -0.375 e. The summed E-state index contributed by atoms with van der Waals surface area (Å²) in [6, 6.07) is 17.4. The molecular formula is C22H21N3O3S. The standard InChI is InChI=1S/C22H21N3O3S/c1-15-13-24(11-12-28-15)22(26)20-18-14-29(27)19-10-6-5-9-17(19)21(18)25(23-20)16-7-3-2-4-8-16/h2-10,15H,11-14H2,1H3. The van der Waals surface area contributed by atoms with Crippen LogP contribution in [0, 0.1) is 0 Å². The van der Waals surface area contributed by atoms with E-state index in [9.17, 15) is 9.00 Å². The van der Waals surface area contributed by atoms with Gasteiger partial charge in [-0.15, -0.1) is 0 Å². The van der Waals surface area contributed by atoms with Gasteiger partial charge in [-0.25, -0.2) is 4.68 Å². The number of ether oxygens (including phenoxy) is 1. The first-order valence-corrected chi connectivity index (χ1v) is 11.0. The van der Waals surface area contributed by atoms with Gasteiger partial charge in [0.15, 0.2) is 5.69 Å². The van der Waals surface area contributed by atoms with E-state index in [4.69, 9.17) is 9.84 Å². The van der Waals surface area contributed by atoms with Crippen molar-refractivity contribution in [3.63, 3.8) is 0 Å². The van der Waals surface area contributed by atoms with Crippen molar-refractivity contribution < 1.29 is 13.7 Å². The molecule has 1 amide bonds. The quantitative estimate of drug-likeness (QED) is 0.655. The minimum atomic E-state index is -1.21. The first kappa shape index (κ1) is 18.3. The topological polar surface area (TPSA) is 64.4 Å². The second-order valence-corrected chi connectivity index (χ2v) is 8.76. The Bertz CT molecular complexity index is 1110. The van der Waals surface area contributed by atoms with Gasteiger partial charge in [0.05, 0.1) is 40.6 Å². The lowest BCUT2D eigenvalue weighted by Crippen LogP contribution is -2.45. The summed E-state index contributed by atoms with van der Waals surface area (Å²) in [5.74, 6) is 0.169. The van der Waals surface area contributed by atoms with Crippen molar-refractivity contribution in [2.45, 2.75) is 23.7 Å². The summed E-state index contributed by atoms with van der Waals surface area (Å²) < 4.78 is 20.3. The van der Waals surface area contributed by atoms with Crippen molar-refractivity contribution in [3.8, 4) is 16.9 Å². The Labute approximate surface area is 171 Å². The van der Waals surface area contributed by atoms with Gasteiger partial charge < -0.3 is 9.64 Å². The van der Waals surface area contributed by atoms with Crippen LogP contribution in [0.4, 0.5) is 0 Å². The second kappa shape index (κ2) is 7.24. The summed E-state index contributed by atoms with van der Waals surface area (Å²) in [6.07, 6.45) is -0.00501. The lowest BCUT2D eigenvalue weighted by atomic mass is 10.0. The molecule has 0 bridgehead atoms. The maximum absolute atomic E-state index is 13.4. The molecule has 2 aromatic carbocycles. The van der Waals surface area contributed by atoms with Gasteiger partial charge in [0, 0.05) is 29.1 Å². The number of benzene rings is 2. The van der Waals surface area contributed by atoms with Crippen LogP contribution in [0.25, 0.3) is 16.9 Å². The van der Waals surface area contributed by atoms with E-state index in [2.05, 4.69) is 0 Å². The van der Waals surface area contributed by atoms with Crippen LogP contribution in [-0.4, -0.2) is 50.6 Å². The second-order valence-electron chi connectivity index (χ2n) is 7.34. The van der Waals surface area contributed by atoms with Crippen LogP contribution in [0.3, 0.4) is 0 Å². The van der Waals surface area contributed by atoms with Gasteiger partial charge in [-0.05, 0) is 25.1 Å². The van der Waals surface area contributed by atoms with Gasteiger partial charge in [0.1, 0.15) is 0 Å². The third kappa shape index (κ3) is 3.10. The normalized spacial score (nSPS) is 20.8. The van der Waals surface area contributed by atoms with Crippen LogP contribution < -0.4 is 0 Å². The number of rotatable bonds is 2. The Morgan fingerprint density at radius 1 is 1.14 bits per heavy atom. The molecule has 3 heterocycles. The third-order valence-electron chi connectivity index (χ3n) is 5.38. The van der Waals surface area contributed by atoms with Crippen molar-refractivity contribution in [2.75, 3.05) is 19.7 Å². The highest BCUT2D eigenvalue weighted by Gasteiger charge is 2.34. The molecule has 5 rings (SSSR count). The van der Waals surface area contributed by atoms with Crippen LogP contribution in [0.2, 0.25) is 0 Å². The van der Waals surface area contributed by atoms with E-state index in [1.807, 2.05) is 66.2 Å². The van der Waals surface area contributed by atoms with E-state index in [-0.39, 0.29) is 12.0 Å². The number of nitrogens with zero attached hydrogens (tertiary/aromatic N) is 3. The Kier molecular flexibility index (Phi) is 4.56. The molecule has 0 N–H and O–H groups in total. The molecule has 1 aromatic heterocycles. The van der Waals surface area contributed by atoms with Gasteiger partial charge in [0.2, 0.25) is 0 Å². The van der Waals surface area contributed by atoms with Gasteiger partial charge in [0.25, 0.3) is 5.91 Å². The molecule has 29 heavy (non-hydrogen) atoms. The summed E-state index contributed by atoms with van der Waals surface area (Å²) in [5, 5.41) is 4.75. The fourth-order valence-electron chi connectivity index (χ4n) is 4.01. The molecule has 0 radical (unpaired) electrons. The van der Waals surface area contributed by atoms with Crippen molar-refractivity contribution in [2.24, 2.45) is 0 Å². The minimum absolute atomic E-state index is 0.00501. The Balaban J connectivity index is 1.70. The molecule has 0 spiro atoms. The molecule has 2 atom stereocenters. The van der Waals surface area contributed by atoms with E-state index < -0.39 is 10.8 Å². The lowest BCUT2D eigenvalue weighted by Gasteiger charge is -2.31. The van der Waals surface area contributed by atoms with E-state index in [0.29, 0.717) is 31.1 Å². The lowest BCUT2D eigenvalue weighted by molar-refractivity contribution is -0.0126. The molecule has 148 valence electrons. The van der Waals surface area contributed by atoms with Crippen LogP contribution in [-0.2, 0) is 21.3 Å². The Hall–Kier alpha value is -2.77. The molecule has 1 fully saturated rings. The molecule has 1 saturated heterocycles. The largest absolute Gasteiger partial charge is 0.375 e. The van der Waals surface area contributed by atoms with Crippen LogP contribution in [0.5, 0.6) is 0 Å². The highest BCUT2D eigenvalue weighted by Crippen LogP contribution is 2.39. The highest BCUT2D eigenvalue weighted by molar-refractivity contribution is 7.84. The van der Waals surface area contributed by atoms with Gasteiger partial charge in [-0.1, -0.05) is 36.4 Å². The van der Waals surface area contributed by atoms with Crippen LogP contribution >= 0.6 is 0 Å². The summed E-state index contributed by atoms with van der Waals surface area (Å²) in [7, 11) is -1.21. The Morgan fingerprint density at radius 3 is 2.69 bits per heavy atom. The maximum Gasteiger partial charge on any atom is 0.274 e. The average molecular weight is 407 g/mol. The van der Waals surface area contributed by atoms with E-state index in [1.54, 1.807) is 4.90 Å². The van der Waals surface area contributed by atoms with Crippen LogP contribution in [0.15, 0.2) is 59.5 Å². The summed E-state index contributed by atoms with van der Waals surface area (Å²) >= 11 is 0. The highest BCUT2D eigenvalue weighted by atomic mass is 32.2. The number of morpholine rings is 1. The average Bonchev–Trinajstić information content (AvgIpc) is 3.13. The molecule has 6 nitrogen and oxygen atoms in total. The number of carbonyl (C=O) groups excluding carboxylic acids is 1. The SMILES string of the molecule is CC1CN(C(=O)c2nn(-c3ccccc3)c3c2CS(=O)c2ccccc2-3)CCO1. The molecule has 0 aliphatic carbocycles.